The van der Waals surface area contributed by atoms with Crippen molar-refractivity contribution in [2.24, 2.45) is 11.8 Å². The summed E-state index contributed by atoms with van der Waals surface area (Å²) in [4.78, 5) is 28.3. The van der Waals surface area contributed by atoms with Crippen LogP contribution in [0.3, 0.4) is 0 Å². The summed E-state index contributed by atoms with van der Waals surface area (Å²) in [6.45, 7) is 2.23. The molecule has 1 heterocycles. The van der Waals surface area contributed by atoms with Crippen LogP contribution in [0.2, 0.25) is 0 Å². The van der Waals surface area contributed by atoms with E-state index >= 15 is 0 Å². The van der Waals surface area contributed by atoms with E-state index in [2.05, 4.69) is 15.6 Å². The quantitative estimate of drug-likeness (QED) is 0.800. The smallest absolute Gasteiger partial charge is 0.251 e. The topological polar surface area (TPSA) is 71.1 Å². The van der Waals surface area contributed by atoms with Gasteiger partial charge in [-0.05, 0) is 67.9 Å². The number of nitrogens with one attached hydrogen (secondary N) is 2. The van der Waals surface area contributed by atoms with E-state index in [9.17, 15) is 14.0 Å². The van der Waals surface area contributed by atoms with E-state index in [0.717, 1.165) is 31.4 Å². The van der Waals surface area contributed by atoms with Crippen molar-refractivity contribution >= 4 is 11.8 Å². The Kier molecular flexibility index (Phi) is 6.74. The molecule has 1 unspecified atom stereocenters. The number of carbonyl (C=O) groups excluding carboxylic acids is 2. The van der Waals surface area contributed by atoms with Crippen molar-refractivity contribution in [1.29, 1.82) is 0 Å². The molecular weight excluding hydrogens is 357 g/mol. The van der Waals surface area contributed by atoms with Crippen LogP contribution >= 0.6 is 0 Å². The SMILES string of the molecule is CC(=O)NCC1CCC(C(NC(=O)c2cccc(F)c2)c2ccccn2)CC1. The Morgan fingerprint density at radius 2 is 1.93 bits per heavy atom. The minimum absolute atomic E-state index is 0.00385. The second-order valence-corrected chi connectivity index (χ2v) is 7.43. The first-order chi connectivity index (χ1) is 13.5. The second-order valence-electron chi connectivity index (χ2n) is 7.43. The Bertz CT molecular complexity index is 804. The highest BCUT2D eigenvalue weighted by molar-refractivity contribution is 5.94. The van der Waals surface area contributed by atoms with Gasteiger partial charge in [-0.15, -0.1) is 0 Å². The summed E-state index contributed by atoms with van der Waals surface area (Å²) in [5.74, 6) is -0.0173. The third kappa shape index (κ3) is 5.38. The molecule has 1 saturated carbocycles. The average Bonchev–Trinajstić information content (AvgIpc) is 2.71. The van der Waals surface area contributed by atoms with Gasteiger partial charge in [0, 0.05) is 25.2 Å². The monoisotopic (exact) mass is 383 g/mol. The minimum atomic E-state index is -0.430. The first-order valence-electron chi connectivity index (χ1n) is 9.74. The van der Waals surface area contributed by atoms with Crippen molar-refractivity contribution in [3.63, 3.8) is 0 Å². The Morgan fingerprint density at radius 3 is 2.57 bits per heavy atom. The zero-order chi connectivity index (χ0) is 19.9. The molecular formula is C22H26FN3O2. The molecule has 0 saturated heterocycles. The minimum Gasteiger partial charge on any atom is -0.356 e. The van der Waals surface area contributed by atoms with Gasteiger partial charge < -0.3 is 10.6 Å². The highest BCUT2D eigenvalue weighted by Gasteiger charge is 2.30. The fraction of sp³-hybridized carbons (Fsp3) is 0.409. The largest absolute Gasteiger partial charge is 0.356 e. The number of carbonyl (C=O) groups is 2. The number of pyridine rings is 1. The highest BCUT2D eigenvalue weighted by Crippen LogP contribution is 2.36. The van der Waals surface area contributed by atoms with E-state index < -0.39 is 5.82 Å². The number of amides is 2. The maximum atomic E-state index is 13.5. The van der Waals surface area contributed by atoms with Gasteiger partial charge in [0.1, 0.15) is 5.82 Å². The van der Waals surface area contributed by atoms with Crippen LogP contribution < -0.4 is 10.6 Å². The van der Waals surface area contributed by atoms with Crippen LogP contribution in [-0.4, -0.2) is 23.3 Å². The number of halogens is 1. The second kappa shape index (κ2) is 9.44. The van der Waals surface area contributed by atoms with E-state index in [-0.39, 0.29) is 23.8 Å². The van der Waals surface area contributed by atoms with Gasteiger partial charge in [0.15, 0.2) is 0 Å². The molecule has 0 bridgehead atoms. The molecule has 1 aromatic heterocycles. The molecule has 2 aromatic rings. The van der Waals surface area contributed by atoms with Crippen LogP contribution in [-0.2, 0) is 4.79 Å². The van der Waals surface area contributed by atoms with E-state index in [1.165, 1.54) is 25.1 Å². The summed E-state index contributed by atoms with van der Waals surface area (Å²) >= 11 is 0. The fourth-order valence-corrected chi connectivity index (χ4v) is 3.86. The lowest BCUT2D eigenvalue weighted by Crippen LogP contribution is -2.37. The fourth-order valence-electron chi connectivity index (χ4n) is 3.86. The predicted molar refractivity (Wildman–Crippen MR) is 105 cm³/mol. The van der Waals surface area contributed by atoms with E-state index in [4.69, 9.17) is 0 Å². The number of hydrogen-bond acceptors (Lipinski definition) is 3. The van der Waals surface area contributed by atoms with Crippen molar-refractivity contribution < 1.29 is 14.0 Å². The van der Waals surface area contributed by atoms with Gasteiger partial charge in [-0.25, -0.2) is 4.39 Å². The van der Waals surface area contributed by atoms with Crippen molar-refractivity contribution in [3.05, 3.63) is 65.7 Å². The number of rotatable bonds is 6. The van der Waals surface area contributed by atoms with Crippen molar-refractivity contribution in [2.75, 3.05) is 6.54 Å². The predicted octanol–water partition coefficient (Wildman–Crippen LogP) is 3.63. The summed E-state index contributed by atoms with van der Waals surface area (Å²) in [5, 5.41) is 5.97. The van der Waals surface area contributed by atoms with Crippen LogP contribution in [0.4, 0.5) is 4.39 Å². The lowest BCUT2D eigenvalue weighted by Gasteiger charge is -2.34. The Hall–Kier alpha value is -2.76. The van der Waals surface area contributed by atoms with E-state index in [1.807, 2.05) is 18.2 Å². The molecule has 6 heteroatoms. The summed E-state index contributed by atoms with van der Waals surface area (Å²) in [6.07, 6.45) is 5.58. The molecule has 1 aromatic carbocycles. The number of hydrogen-bond donors (Lipinski definition) is 2. The van der Waals surface area contributed by atoms with Crippen LogP contribution in [0.5, 0.6) is 0 Å². The standard InChI is InChI=1S/C22H26FN3O2/c1-15(27)25-14-16-8-10-17(11-9-16)21(20-7-2-3-12-24-20)26-22(28)18-5-4-6-19(23)13-18/h2-7,12-13,16-17,21H,8-11,14H2,1H3,(H,25,27)(H,26,28). The summed E-state index contributed by atoms with van der Waals surface area (Å²) in [7, 11) is 0. The Balaban J connectivity index is 1.70. The van der Waals surface area contributed by atoms with Crippen LogP contribution in [0, 0.1) is 17.7 Å². The average molecular weight is 383 g/mol. The Labute approximate surface area is 164 Å². The third-order valence-corrected chi connectivity index (χ3v) is 5.38. The molecule has 28 heavy (non-hydrogen) atoms. The molecule has 1 fully saturated rings. The van der Waals surface area contributed by atoms with Gasteiger partial charge in [0.05, 0.1) is 11.7 Å². The van der Waals surface area contributed by atoms with Crippen molar-refractivity contribution in [1.82, 2.24) is 15.6 Å². The molecule has 0 radical (unpaired) electrons. The van der Waals surface area contributed by atoms with E-state index in [1.54, 1.807) is 12.3 Å². The number of nitrogens with zero attached hydrogens (tertiary/aromatic N) is 1. The molecule has 3 rings (SSSR count). The maximum absolute atomic E-state index is 13.5. The van der Waals surface area contributed by atoms with Gasteiger partial charge in [0.25, 0.3) is 5.91 Å². The number of benzene rings is 1. The lowest BCUT2D eigenvalue weighted by molar-refractivity contribution is -0.119. The van der Waals surface area contributed by atoms with E-state index in [0.29, 0.717) is 18.0 Å². The van der Waals surface area contributed by atoms with Gasteiger partial charge in [0.2, 0.25) is 5.91 Å². The van der Waals surface area contributed by atoms with Gasteiger partial charge in [-0.1, -0.05) is 12.1 Å². The van der Waals surface area contributed by atoms with Gasteiger partial charge in [-0.3, -0.25) is 14.6 Å². The molecule has 2 N–H and O–H groups in total. The van der Waals surface area contributed by atoms with Crippen molar-refractivity contribution in [3.8, 4) is 0 Å². The molecule has 1 aliphatic carbocycles. The molecule has 0 aliphatic heterocycles. The van der Waals surface area contributed by atoms with Crippen LogP contribution in [0.15, 0.2) is 48.7 Å². The van der Waals surface area contributed by atoms with Crippen LogP contribution in [0.25, 0.3) is 0 Å². The molecule has 148 valence electrons. The molecule has 2 amide bonds. The molecule has 1 aliphatic rings. The normalized spacial score (nSPS) is 20.2. The first-order valence-corrected chi connectivity index (χ1v) is 9.74. The maximum Gasteiger partial charge on any atom is 0.251 e. The highest BCUT2D eigenvalue weighted by atomic mass is 19.1. The number of aromatic nitrogens is 1. The van der Waals surface area contributed by atoms with Gasteiger partial charge >= 0.3 is 0 Å². The van der Waals surface area contributed by atoms with Crippen molar-refractivity contribution in [2.45, 2.75) is 38.6 Å². The molecule has 0 spiro atoms. The molecule has 5 nitrogen and oxygen atoms in total. The Morgan fingerprint density at radius 1 is 1.14 bits per heavy atom. The van der Waals surface area contributed by atoms with Crippen LogP contribution in [0.1, 0.15) is 54.7 Å². The summed E-state index contributed by atoms with van der Waals surface area (Å²) in [6, 6.07) is 11.2. The first kappa shape index (κ1) is 20.0. The third-order valence-electron chi connectivity index (χ3n) is 5.38. The summed E-state index contributed by atoms with van der Waals surface area (Å²) < 4.78 is 13.5. The zero-order valence-corrected chi connectivity index (χ0v) is 16.0. The zero-order valence-electron chi connectivity index (χ0n) is 16.0. The molecule has 1 atom stereocenters. The lowest BCUT2D eigenvalue weighted by atomic mass is 9.77. The summed E-state index contributed by atoms with van der Waals surface area (Å²) in [5.41, 5.74) is 1.12. The van der Waals surface area contributed by atoms with Gasteiger partial charge in [-0.2, -0.15) is 0 Å².